The largest absolute Gasteiger partial charge is 0.336 e. The normalized spacial score (nSPS) is 10.6. The van der Waals surface area contributed by atoms with Crippen molar-refractivity contribution in [2.45, 2.75) is 0 Å². The van der Waals surface area contributed by atoms with Crippen LogP contribution in [-0.2, 0) is 0 Å². The van der Waals surface area contributed by atoms with Gasteiger partial charge in [-0.15, -0.1) is 0 Å². The van der Waals surface area contributed by atoms with Crippen LogP contribution in [0.2, 0.25) is 5.02 Å². The van der Waals surface area contributed by atoms with E-state index in [0.29, 0.717) is 10.5 Å². The van der Waals surface area contributed by atoms with Crippen molar-refractivity contribution >= 4 is 34.1 Å². The Bertz CT molecular complexity index is 781. The minimum atomic E-state index is -0.256. The van der Waals surface area contributed by atoms with Crippen LogP contribution in [0.3, 0.4) is 0 Å². The van der Waals surface area contributed by atoms with E-state index in [1.54, 1.807) is 24.3 Å². The molecule has 0 bridgehead atoms. The molecule has 0 spiro atoms. The van der Waals surface area contributed by atoms with Crippen molar-refractivity contribution in [3.8, 4) is 0 Å². The third-order valence-corrected chi connectivity index (χ3v) is 2.96. The lowest BCUT2D eigenvalue weighted by Gasteiger charge is -2.05. The molecule has 0 unspecified atom stereocenters. The summed E-state index contributed by atoms with van der Waals surface area (Å²) in [5, 5.41) is 3.62. The maximum atomic E-state index is 11.9. The van der Waals surface area contributed by atoms with Gasteiger partial charge in [0.1, 0.15) is 0 Å². The van der Waals surface area contributed by atoms with E-state index < -0.39 is 0 Å². The maximum Gasteiger partial charge on any atom is 0.291 e. The molecule has 1 heterocycles. The fourth-order valence-corrected chi connectivity index (χ4v) is 1.91. The molecule has 1 aromatic heterocycles. The molecule has 3 aromatic rings. The van der Waals surface area contributed by atoms with Crippen LogP contribution in [0.5, 0.6) is 0 Å². The lowest BCUT2D eigenvalue weighted by atomic mass is 10.3. The highest BCUT2D eigenvalue weighted by molar-refractivity contribution is 6.30. The highest BCUT2D eigenvalue weighted by Crippen LogP contribution is 2.16. The van der Waals surface area contributed by atoms with Gasteiger partial charge in [0.15, 0.2) is 5.82 Å². The van der Waals surface area contributed by atoms with Gasteiger partial charge in [0.2, 0.25) is 0 Å². The van der Waals surface area contributed by atoms with E-state index in [1.807, 2.05) is 24.3 Å². The number of para-hydroxylation sites is 2. The van der Waals surface area contributed by atoms with Gasteiger partial charge in [0, 0.05) is 10.7 Å². The fourth-order valence-electron chi connectivity index (χ4n) is 1.78. The van der Waals surface area contributed by atoms with E-state index in [4.69, 9.17) is 11.6 Å². The van der Waals surface area contributed by atoms with Crippen molar-refractivity contribution < 1.29 is 0 Å². The second-order valence-electron chi connectivity index (χ2n) is 4.06. The number of rotatable bonds is 2. The molecule has 0 amide bonds. The summed E-state index contributed by atoms with van der Waals surface area (Å²) in [7, 11) is 0. The van der Waals surface area contributed by atoms with Crippen LogP contribution < -0.4 is 10.9 Å². The number of hydrogen-bond acceptors (Lipinski definition) is 3. The standard InChI is InChI=1S/C14H10ClN3O/c15-9-5-7-10(8-6-9)16-13-14(19)18-12-4-2-1-3-11(12)17-13/h1-8H,(H,16,17)(H,18,19). The predicted octanol–water partition coefficient (Wildman–Crippen LogP) is 3.32. The van der Waals surface area contributed by atoms with E-state index in [0.717, 1.165) is 11.2 Å². The van der Waals surface area contributed by atoms with Crippen LogP contribution in [0.15, 0.2) is 53.3 Å². The first-order chi connectivity index (χ1) is 9.22. The number of nitrogens with zero attached hydrogens (tertiary/aromatic N) is 1. The van der Waals surface area contributed by atoms with Crippen molar-refractivity contribution in [3.63, 3.8) is 0 Å². The molecule has 0 saturated carbocycles. The highest BCUT2D eigenvalue weighted by Gasteiger charge is 2.04. The molecule has 94 valence electrons. The van der Waals surface area contributed by atoms with Gasteiger partial charge in [-0.05, 0) is 36.4 Å². The smallest absolute Gasteiger partial charge is 0.291 e. The molecule has 0 radical (unpaired) electrons. The monoisotopic (exact) mass is 271 g/mol. The lowest BCUT2D eigenvalue weighted by Crippen LogP contribution is -2.13. The Morgan fingerprint density at radius 3 is 2.58 bits per heavy atom. The SMILES string of the molecule is O=c1[nH]c2ccccc2nc1Nc1ccc(Cl)cc1. The average Bonchev–Trinajstić information content (AvgIpc) is 2.42. The van der Waals surface area contributed by atoms with Crippen molar-refractivity contribution in [2.24, 2.45) is 0 Å². The molecule has 19 heavy (non-hydrogen) atoms. The van der Waals surface area contributed by atoms with Gasteiger partial charge >= 0.3 is 0 Å². The van der Waals surface area contributed by atoms with Crippen LogP contribution in [0.25, 0.3) is 11.0 Å². The van der Waals surface area contributed by atoms with Gasteiger partial charge in [0.25, 0.3) is 5.56 Å². The number of nitrogens with one attached hydrogen (secondary N) is 2. The summed E-state index contributed by atoms with van der Waals surface area (Å²) in [6.45, 7) is 0. The van der Waals surface area contributed by atoms with Gasteiger partial charge in [-0.1, -0.05) is 23.7 Å². The quantitative estimate of drug-likeness (QED) is 0.752. The van der Waals surface area contributed by atoms with Crippen molar-refractivity contribution in [1.29, 1.82) is 0 Å². The van der Waals surface area contributed by atoms with E-state index in [1.165, 1.54) is 0 Å². The summed E-state index contributed by atoms with van der Waals surface area (Å²) in [5.41, 5.74) is 1.96. The van der Waals surface area contributed by atoms with Crippen LogP contribution in [0, 0.1) is 0 Å². The Labute approximate surface area is 114 Å². The topological polar surface area (TPSA) is 57.8 Å². The zero-order valence-corrected chi connectivity index (χ0v) is 10.6. The number of hydrogen-bond donors (Lipinski definition) is 2. The number of aromatic nitrogens is 2. The van der Waals surface area contributed by atoms with Gasteiger partial charge < -0.3 is 10.3 Å². The molecule has 3 rings (SSSR count). The second-order valence-corrected chi connectivity index (χ2v) is 4.50. The highest BCUT2D eigenvalue weighted by atomic mass is 35.5. The number of anilines is 2. The minimum absolute atomic E-state index is 0.256. The molecule has 0 aliphatic rings. The molecule has 0 aliphatic carbocycles. The van der Waals surface area contributed by atoms with Crippen molar-refractivity contribution in [2.75, 3.05) is 5.32 Å². The molecule has 2 aromatic carbocycles. The molecular formula is C14H10ClN3O. The number of H-pyrrole nitrogens is 1. The van der Waals surface area contributed by atoms with E-state index in [-0.39, 0.29) is 11.4 Å². The van der Waals surface area contributed by atoms with Gasteiger partial charge in [-0.2, -0.15) is 0 Å². The second kappa shape index (κ2) is 4.74. The number of fused-ring (bicyclic) bond motifs is 1. The molecule has 2 N–H and O–H groups in total. The molecule has 5 heteroatoms. The lowest BCUT2D eigenvalue weighted by molar-refractivity contribution is 1.21. The van der Waals surface area contributed by atoms with Gasteiger partial charge in [-0.25, -0.2) is 4.98 Å². The van der Waals surface area contributed by atoms with Crippen LogP contribution in [-0.4, -0.2) is 9.97 Å². The average molecular weight is 272 g/mol. The van der Waals surface area contributed by atoms with Crippen LogP contribution in [0.1, 0.15) is 0 Å². The first-order valence-corrected chi connectivity index (χ1v) is 6.12. The third-order valence-electron chi connectivity index (χ3n) is 2.71. The molecule has 0 aliphatic heterocycles. The van der Waals surface area contributed by atoms with Crippen LogP contribution in [0.4, 0.5) is 11.5 Å². The maximum absolute atomic E-state index is 11.9. The Kier molecular flexibility index (Phi) is 2.93. The molecule has 4 nitrogen and oxygen atoms in total. The van der Waals surface area contributed by atoms with E-state index in [2.05, 4.69) is 15.3 Å². The summed E-state index contributed by atoms with van der Waals surface area (Å²) >= 11 is 5.81. The molecular weight excluding hydrogens is 262 g/mol. The van der Waals surface area contributed by atoms with Gasteiger partial charge in [-0.3, -0.25) is 4.79 Å². The van der Waals surface area contributed by atoms with E-state index in [9.17, 15) is 4.79 Å². The first kappa shape index (κ1) is 11.7. The zero-order valence-electron chi connectivity index (χ0n) is 9.85. The summed E-state index contributed by atoms with van der Waals surface area (Å²) in [4.78, 5) is 19.0. The van der Waals surface area contributed by atoms with E-state index >= 15 is 0 Å². The molecule has 0 saturated heterocycles. The number of halogens is 1. The zero-order chi connectivity index (χ0) is 13.2. The van der Waals surface area contributed by atoms with Crippen molar-refractivity contribution in [3.05, 3.63) is 63.9 Å². The van der Waals surface area contributed by atoms with Crippen LogP contribution >= 0.6 is 11.6 Å². The fraction of sp³-hybridized carbons (Fsp3) is 0. The molecule has 0 fully saturated rings. The Balaban J connectivity index is 2.03. The number of benzene rings is 2. The van der Waals surface area contributed by atoms with Crippen molar-refractivity contribution in [1.82, 2.24) is 9.97 Å². The number of aromatic amines is 1. The summed E-state index contributed by atoms with van der Waals surface area (Å²) in [5.74, 6) is 0.265. The third kappa shape index (κ3) is 2.44. The first-order valence-electron chi connectivity index (χ1n) is 5.74. The Hall–Kier alpha value is -2.33. The minimum Gasteiger partial charge on any atom is -0.336 e. The summed E-state index contributed by atoms with van der Waals surface area (Å²) in [6.07, 6.45) is 0. The van der Waals surface area contributed by atoms with Gasteiger partial charge in [0.05, 0.1) is 11.0 Å². The Morgan fingerprint density at radius 1 is 1.05 bits per heavy atom. The summed E-state index contributed by atoms with van der Waals surface area (Å²) < 4.78 is 0. The summed E-state index contributed by atoms with van der Waals surface area (Å²) in [6, 6.07) is 14.5. The Morgan fingerprint density at radius 2 is 1.79 bits per heavy atom. The molecule has 0 atom stereocenters. The predicted molar refractivity (Wildman–Crippen MR) is 77.1 cm³/mol.